The van der Waals surface area contributed by atoms with Gasteiger partial charge in [0.1, 0.15) is 5.75 Å². The average Bonchev–Trinajstić information content (AvgIpc) is 3.38. The van der Waals surface area contributed by atoms with E-state index in [4.69, 9.17) is 4.74 Å². The molecule has 28 heavy (non-hydrogen) atoms. The molecule has 0 spiro atoms. The Balaban J connectivity index is 1.39. The highest BCUT2D eigenvalue weighted by Crippen LogP contribution is 2.37. The van der Waals surface area contributed by atoms with Crippen LogP contribution >= 0.6 is 0 Å². The minimum atomic E-state index is 0.104. The van der Waals surface area contributed by atoms with Crippen molar-refractivity contribution in [3.8, 4) is 5.75 Å². The number of amides is 1. The number of rotatable bonds is 3. The molecule has 3 unspecified atom stereocenters. The third-order valence-corrected chi connectivity index (χ3v) is 6.07. The van der Waals surface area contributed by atoms with E-state index in [0.29, 0.717) is 12.0 Å². The van der Waals surface area contributed by atoms with Gasteiger partial charge in [-0.25, -0.2) is 5.43 Å². The molecule has 6 nitrogen and oxygen atoms in total. The van der Waals surface area contributed by atoms with Crippen LogP contribution in [0.1, 0.15) is 28.4 Å². The molecule has 3 atom stereocenters. The van der Waals surface area contributed by atoms with Crippen LogP contribution in [0.3, 0.4) is 0 Å². The molecule has 144 valence electrons. The average molecular weight is 376 g/mol. The Labute approximate surface area is 163 Å². The molecule has 6 heteroatoms. The molecule has 3 heterocycles. The summed E-state index contributed by atoms with van der Waals surface area (Å²) in [7, 11) is 1.70. The zero-order valence-electron chi connectivity index (χ0n) is 15.8. The lowest BCUT2D eigenvalue weighted by atomic mass is 9.84. The molecule has 0 aliphatic carbocycles. The van der Waals surface area contributed by atoms with E-state index in [1.165, 1.54) is 0 Å². The molecule has 1 aromatic heterocycles. The maximum atomic E-state index is 13.2. The van der Waals surface area contributed by atoms with Gasteiger partial charge in [0, 0.05) is 53.3 Å². The Morgan fingerprint density at radius 3 is 2.93 bits per heavy atom. The predicted molar refractivity (Wildman–Crippen MR) is 108 cm³/mol. The zero-order valence-corrected chi connectivity index (χ0v) is 15.8. The molecule has 2 aromatic carbocycles. The van der Waals surface area contributed by atoms with Crippen LogP contribution < -0.4 is 15.6 Å². The van der Waals surface area contributed by atoms with Gasteiger partial charge < -0.3 is 14.6 Å². The second-order valence-electron chi connectivity index (χ2n) is 7.60. The van der Waals surface area contributed by atoms with Crippen molar-refractivity contribution in [2.45, 2.75) is 18.5 Å². The number of likely N-dealkylation sites (tertiary alicyclic amines) is 1. The largest absolute Gasteiger partial charge is 0.496 e. The predicted octanol–water partition coefficient (Wildman–Crippen LogP) is 2.86. The summed E-state index contributed by atoms with van der Waals surface area (Å²) >= 11 is 0. The molecule has 5 rings (SSSR count). The van der Waals surface area contributed by atoms with Crippen molar-refractivity contribution in [2.75, 3.05) is 20.2 Å². The maximum Gasteiger partial charge on any atom is 0.253 e. The summed E-state index contributed by atoms with van der Waals surface area (Å²) in [6.07, 6.45) is 2.83. The Kier molecular flexibility index (Phi) is 4.30. The molecule has 0 bridgehead atoms. The van der Waals surface area contributed by atoms with Gasteiger partial charge in [-0.2, -0.15) is 0 Å². The van der Waals surface area contributed by atoms with Gasteiger partial charge in [0.25, 0.3) is 5.91 Å². The molecule has 2 aliphatic rings. The van der Waals surface area contributed by atoms with E-state index in [-0.39, 0.29) is 11.9 Å². The van der Waals surface area contributed by atoms with Crippen LogP contribution in [0.4, 0.5) is 0 Å². The number of aromatic amines is 1. The second-order valence-corrected chi connectivity index (χ2v) is 7.60. The number of hydrazine groups is 1. The number of nitrogens with zero attached hydrogens (tertiary/aromatic N) is 1. The molecule has 3 N–H and O–H groups in total. The molecule has 0 radical (unpaired) electrons. The number of aromatic nitrogens is 1. The third kappa shape index (κ3) is 2.85. The summed E-state index contributed by atoms with van der Waals surface area (Å²) in [5.74, 6) is 1.28. The van der Waals surface area contributed by atoms with Crippen LogP contribution in [0, 0.1) is 5.92 Å². The van der Waals surface area contributed by atoms with Gasteiger partial charge in [0.2, 0.25) is 0 Å². The number of nitrogens with one attached hydrogen (secondary N) is 3. The fraction of sp³-hybridized carbons (Fsp3) is 0.318. The summed E-state index contributed by atoms with van der Waals surface area (Å²) in [4.78, 5) is 18.3. The number of para-hydroxylation sites is 1. The summed E-state index contributed by atoms with van der Waals surface area (Å²) in [5, 5.41) is 1.07. The zero-order chi connectivity index (χ0) is 19.1. The maximum absolute atomic E-state index is 13.2. The van der Waals surface area contributed by atoms with E-state index in [1.54, 1.807) is 7.11 Å². The van der Waals surface area contributed by atoms with Crippen LogP contribution in [-0.4, -0.2) is 42.0 Å². The Bertz CT molecular complexity index is 1010. The van der Waals surface area contributed by atoms with Crippen molar-refractivity contribution < 1.29 is 9.53 Å². The van der Waals surface area contributed by atoms with Gasteiger partial charge in [-0.3, -0.25) is 10.2 Å². The van der Waals surface area contributed by atoms with E-state index in [2.05, 4.69) is 21.9 Å². The summed E-state index contributed by atoms with van der Waals surface area (Å²) in [6, 6.07) is 16.4. The molecule has 2 fully saturated rings. The first-order chi connectivity index (χ1) is 13.7. The minimum absolute atomic E-state index is 0.104. The van der Waals surface area contributed by atoms with Crippen molar-refractivity contribution in [3.05, 3.63) is 65.9 Å². The quantitative estimate of drug-likeness (QED) is 0.658. The first kappa shape index (κ1) is 17.3. The fourth-order valence-corrected chi connectivity index (χ4v) is 4.59. The molecule has 0 saturated carbocycles. The van der Waals surface area contributed by atoms with Gasteiger partial charge in [-0.05, 0) is 36.8 Å². The van der Waals surface area contributed by atoms with Crippen LogP contribution in [-0.2, 0) is 0 Å². The Morgan fingerprint density at radius 2 is 2.04 bits per heavy atom. The molecule has 2 aliphatic heterocycles. The second kappa shape index (κ2) is 6.96. The standard InChI is InChI=1S/C22H24N4O2/c1-28-20-5-3-2-4-16(20)21-17-13-26(11-9-19(17)24-25-21)22(27)15-6-7-18-14(12-15)8-10-23-18/h2-8,10,12,17,19,21,23-25H,9,11,13H2,1H3. The van der Waals surface area contributed by atoms with E-state index >= 15 is 0 Å². The van der Waals surface area contributed by atoms with Crippen LogP contribution in [0.2, 0.25) is 0 Å². The summed E-state index contributed by atoms with van der Waals surface area (Å²) in [5.41, 5.74) is 9.80. The van der Waals surface area contributed by atoms with Gasteiger partial charge in [0.05, 0.1) is 13.2 Å². The number of hydrogen-bond acceptors (Lipinski definition) is 4. The van der Waals surface area contributed by atoms with Crippen LogP contribution in [0.5, 0.6) is 5.75 Å². The molecular weight excluding hydrogens is 352 g/mol. The first-order valence-corrected chi connectivity index (χ1v) is 9.75. The molecular formula is C22H24N4O2. The number of carbonyl (C=O) groups is 1. The van der Waals surface area contributed by atoms with Gasteiger partial charge in [0.15, 0.2) is 0 Å². The number of H-pyrrole nitrogens is 1. The number of carbonyl (C=O) groups excluding carboxylic acids is 1. The number of methoxy groups -OCH3 is 1. The lowest BCUT2D eigenvalue weighted by molar-refractivity contribution is 0.0652. The van der Waals surface area contributed by atoms with Gasteiger partial charge >= 0.3 is 0 Å². The fourth-order valence-electron chi connectivity index (χ4n) is 4.59. The van der Waals surface area contributed by atoms with Crippen LogP contribution in [0.25, 0.3) is 10.9 Å². The van der Waals surface area contributed by atoms with E-state index in [1.807, 2.05) is 53.6 Å². The SMILES string of the molecule is COc1ccccc1C1NNC2CCN(C(=O)c3ccc4[nH]ccc4c3)CC21. The third-order valence-electron chi connectivity index (χ3n) is 6.07. The van der Waals surface area contributed by atoms with E-state index in [9.17, 15) is 4.79 Å². The molecule has 1 amide bonds. The summed E-state index contributed by atoms with van der Waals surface area (Å²) < 4.78 is 5.56. The number of piperidine rings is 1. The van der Waals surface area contributed by atoms with Crippen molar-refractivity contribution in [1.82, 2.24) is 20.7 Å². The smallest absolute Gasteiger partial charge is 0.253 e. The first-order valence-electron chi connectivity index (χ1n) is 9.75. The normalized spacial score (nSPS) is 24.3. The number of hydrogen-bond donors (Lipinski definition) is 3. The topological polar surface area (TPSA) is 69.4 Å². The lowest BCUT2D eigenvalue weighted by Gasteiger charge is -2.36. The monoisotopic (exact) mass is 376 g/mol. The Morgan fingerprint density at radius 1 is 1.14 bits per heavy atom. The van der Waals surface area contributed by atoms with Crippen molar-refractivity contribution in [2.24, 2.45) is 5.92 Å². The van der Waals surface area contributed by atoms with Crippen molar-refractivity contribution >= 4 is 16.8 Å². The van der Waals surface area contributed by atoms with Crippen LogP contribution in [0.15, 0.2) is 54.7 Å². The Hall–Kier alpha value is -2.83. The van der Waals surface area contributed by atoms with Gasteiger partial charge in [-0.1, -0.05) is 18.2 Å². The number of ether oxygens (including phenoxy) is 1. The van der Waals surface area contributed by atoms with E-state index in [0.717, 1.165) is 47.3 Å². The lowest BCUT2D eigenvalue weighted by Crippen LogP contribution is -2.47. The number of fused-ring (bicyclic) bond motifs is 2. The number of benzene rings is 2. The highest BCUT2D eigenvalue weighted by molar-refractivity contribution is 5.98. The van der Waals surface area contributed by atoms with Crippen molar-refractivity contribution in [1.29, 1.82) is 0 Å². The van der Waals surface area contributed by atoms with Crippen molar-refractivity contribution in [3.63, 3.8) is 0 Å². The van der Waals surface area contributed by atoms with Gasteiger partial charge in [-0.15, -0.1) is 0 Å². The summed E-state index contributed by atoms with van der Waals surface area (Å²) in [6.45, 7) is 1.48. The van der Waals surface area contributed by atoms with E-state index < -0.39 is 0 Å². The molecule has 2 saturated heterocycles. The molecule has 3 aromatic rings. The minimum Gasteiger partial charge on any atom is -0.496 e. The highest BCUT2D eigenvalue weighted by Gasteiger charge is 2.42. The highest BCUT2D eigenvalue weighted by atomic mass is 16.5.